The van der Waals surface area contributed by atoms with Crippen LogP contribution in [0.1, 0.15) is 31.2 Å². The molecule has 0 unspecified atom stereocenters. The highest BCUT2D eigenvalue weighted by Gasteiger charge is 2.21. The van der Waals surface area contributed by atoms with E-state index in [1.807, 2.05) is 31.3 Å². The molecule has 1 atom stereocenters. The quantitative estimate of drug-likeness (QED) is 0.700. The molecule has 25 heavy (non-hydrogen) atoms. The number of aromatic nitrogens is 2. The van der Waals surface area contributed by atoms with E-state index >= 15 is 0 Å². The normalized spacial score (nSPS) is 12.7. The molecule has 0 aliphatic rings. The summed E-state index contributed by atoms with van der Waals surface area (Å²) in [5.41, 5.74) is 3.58. The number of rotatable bonds is 6. The average molecular weight is 339 g/mol. The molecule has 1 aromatic heterocycles. The summed E-state index contributed by atoms with van der Waals surface area (Å²) >= 11 is 0. The van der Waals surface area contributed by atoms with E-state index in [9.17, 15) is 5.11 Å². The maximum atomic E-state index is 10.4. The number of nitrogens with zero attached hydrogens (tertiary/aromatic N) is 2. The van der Waals surface area contributed by atoms with Crippen molar-refractivity contribution in [3.8, 4) is 5.75 Å². The second kappa shape index (κ2) is 7.28. The highest BCUT2D eigenvalue weighted by atomic mass is 16.5. The van der Waals surface area contributed by atoms with Gasteiger partial charge in [-0.15, -0.1) is 0 Å². The lowest BCUT2D eigenvalue weighted by molar-refractivity contribution is -0.652. The van der Waals surface area contributed by atoms with Crippen molar-refractivity contribution in [2.24, 2.45) is 7.05 Å². The van der Waals surface area contributed by atoms with E-state index < -0.39 is 6.10 Å². The minimum Gasteiger partial charge on any atom is -0.491 e. The van der Waals surface area contributed by atoms with Gasteiger partial charge in [-0.3, -0.25) is 0 Å². The third-order valence-electron chi connectivity index (χ3n) is 4.79. The van der Waals surface area contributed by atoms with Gasteiger partial charge in [-0.05, 0) is 35.7 Å². The number of aryl methyl sites for hydroxylation is 1. The first-order chi connectivity index (χ1) is 12.0. The number of aliphatic hydroxyl groups excluding tert-OH is 1. The predicted octanol–water partition coefficient (Wildman–Crippen LogP) is 3.34. The number of para-hydroxylation sites is 2. The van der Waals surface area contributed by atoms with Crippen LogP contribution >= 0.6 is 0 Å². The van der Waals surface area contributed by atoms with Crippen LogP contribution in [0.2, 0.25) is 0 Å². The number of hydrogen-bond donors (Lipinski definition) is 1. The smallest absolute Gasteiger partial charge is 0.254 e. The van der Waals surface area contributed by atoms with E-state index in [1.54, 1.807) is 0 Å². The minimum absolute atomic E-state index is 0.274. The molecule has 0 saturated heterocycles. The fraction of sp³-hybridized carbons (Fsp3) is 0.381. The number of benzene rings is 2. The summed E-state index contributed by atoms with van der Waals surface area (Å²) in [4.78, 5) is 0. The Kier molecular flexibility index (Phi) is 5.09. The Morgan fingerprint density at radius 3 is 2.44 bits per heavy atom. The molecule has 132 valence electrons. The molecule has 0 amide bonds. The van der Waals surface area contributed by atoms with Crippen LogP contribution in [0.25, 0.3) is 11.0 Å². The van der Waals surface area contributed by atoms with Gasteiger partial charge in [-0.25, -0.2) is 9.13 Å². The van der Waals surface area contributed by atoms with Crippen LogP contribution in [-0.2, 0) is 13.6 Å². The molecule has 0 aliphatic carbocycles. The van der Waals surface area contributed by atoms with E-state index in [4.69, 9.17) is 4.74 Å². The monoisotopic (exact) mass is 339 g/mol. The molecular weight excluding hydrogens is 312 g/mol. The van der Waals surface area contributed by atoms with Gasteiger partial charge in [0.05, 0.1) is 7.05 Å². The van der Waals surface area contributed by atoms with Gasteiger partial charge < -0.3 is 9.84 Å². The molecule has 0 fully saturated rings. The highest BCUT2D eigenvalue weighted by molar-refractivity contribution is 5.72. The summed E-state index contributed by atoms with van der Waals surface area (Å²) in [6.45, 7) is 7.19. The predicted molar refractivity (Wildman–Crippen MR) is 99.9 cm³/mol. The standard InChI is InChI=1S/C21H27N2O2/c1-15(2)17-9-11-19(12-10-17)25-14-18(24)13-23-16(3)22(4)20-7-5-6-8-21(20)23/h5-12,15,18,24H,13-14H2,1-4H3/q+1/t18-/m1/s1. The van der Waals surface area contributed by atoms with Crippen LogP contribution in [-0.4, -0.2) is 22.4 Å². The van der Waals surface area contributed by atoms with Crippen molar-refractivity contribution in [3.05, 3.63) is 59.9 Å². The van der Waals surface area contributed by atoms with E-state index in [2.05, 4.69) is 54.2 Å². The summed E-state index contributed by atoms with van der Waals surface area (Å²) in [5.74, 6) is 2.41. The summed E-state index contributed by atoms with van der Waals surface area (Å²) in [7, 11) is 2.05. The number of fused-ring (bicyclic) bond motifs is 1. The van der Waals surface area contributed by atoms with Gasteiger partial charge in [0.25, 0.3) is 5.82 Å². The van der Waals surface area contributed by atoms with Gasteiger partial charge in [-0.1, -0.05) is 38.1 Å². The second-order valence-electron chi connectivity index (χ2n) is 6.89. The molecule has 3 rings (SSSR count). The maximum absolute atomic E-state index is 10.4. The van der Waals surface area contributed by atoms with Gasteiger partial charge in [0.15, 0.2) is 11.0 Å². The Morgan fingerprint density at radius 2 is 1.76 bits per heavy atom. The molecule has 4 nitrogen and oxygen atoms in total. The molecule has 0 aliphatic heterocycles. The number of imidazole rings is 1. The molecule has 0 radical (unpaired) electrons. The second-order valence-corrected chi connectivity index (χ2v) is 6.89. The molecule has 3 aromatic rings. The van der Waals surface area contributed by atoms with Crippen molar-refractivity contribution >= 4 is 11.0 Å². The van der Waals surface area contributed by atoms with Gasteiger partial charge >= 0.3 is 0 Å². The molecular formula is C21H27N2O2+. The fourth-order valence-corrected chi connectivity index (χ4v) is 3.14. The van der Waals surface area contributed by atoms with Gasteiger partial charge in [0.2, 0.25) is 0 Å². The molecule has 4 heteroatoms. The Morgan fingerprint density at radius 1 is 1.08 bits per heavy atom. The van der Waals surface area contributed by atoms with E-state index in [1.165, 1.54) is 5.56 Å². The lowest BCUT2D eigenvalue weighted by atomic mass is 10.0. The Hall–Kier alpha value is -2.33. The molecule has 0 spiro atoms. The fourth-order valence-electron chi connectivity index (χ4n) is 3.14. The number of aliphatic hydroxyl groups is 1. The average Bonchev–Trinajstić information content (AvgIpc) is 2.85. The van der Waals surface area contributed by atoms with Gasteiger partial charge in [0, 0.05) is 6.92 Å². The van der Waals surface area contributed by atoms with Crippen LogP contribution in [0.3, 0.4) is 0 Å². The maximum Gasteiger partial charge on any atom is 0.254 e. The van der Waals surface area contributed by atoms with Crippen molar-refractivity contribution in [2.75, 3.05) is 6.61 Å². The van der Waals surface area contributed by atoms with Crippen molar-refractivity contribution in [1.82, 2.24) is 4.57 Å². The molecule has 0 saturated carbocycles. The van der Waals surface area contributed by atoms with Gasteiger partial charge in [0.1, 0.15) is 25.0 Å². The lowest BCUT2D eigenvalue weighted by Gasteiger charge is -2.12. The molecule has 1 heterocycles. The van der Waals surface area contributed by atoms with E-state index in [0.29, 0.717) is 12.5 Å². The van der Waals surface area contributed by atoms with E-state index in [0.717, 1.165) is 22.6 Å². The topological polar surface area (TPSA) is 38.3 Å². The Balaban J connectivity index is 1.67. The van der Waals surface area contributed by atoms with Crippen molar-refractivity contribution < 1.29 is 14.4 Å². The third-order valence-corrected chi connectivity index (χ3v) is 4.79. The highest BCUT2D eigenvalue weighted by Crippen LogP contribution is 2.19. The largest absolute Gasteiger partial charge is 0.491 e. The van der Waals surface area contributed by atoms with Crippen LogP contribution in [0.5, 0.6) is 5.75 Å². The first-order valence-corrected chi connectivity index (χ1v) is 8.82. The Bertz CT molecular complexity index is 850. The number of ether oxygens (including phenoxy) is 1. The lowest BCUT2D eigenvalue weighted by Crippen LogP contribution is -2.32. The molecule has 1 N–H and O–H groups in total. The Labute approximate surface area is 149 Å². The zero-order valence-electron chi connectivity index (χ0n) is 15.4. The first-order valence-electron chi connectivity index (χ1n) is 8.82. The van der Waals surface area contributed by atoms with Crippen LogP contribution in [0.4, 0.5) is 0 Å². The summed E-state index contributed by atoms with van der Waals surface area (Å²) in [5, 5.41) is 10.4. The molecule has 0 bridgehead atoms. The summed E-state index contributed by atoms with van der Waals surface area (Å²) in [6.07, 6.45) is -0.570. The minimum atomic E-state index is -0.570. The summed E-state index contributed by atoms with van der Waals surface area (Å²) in [6, 6.07) is 16.3. The van der Waals surface area contributed by atoms with Crippen LogP contribution in [0.15, 0.2) is 48.5 Å². The van der Waals surface area contributed by atoms with Gasteiger partial charge in [-0.2, -0.15) is 0 Å². The van der Waals surface area contributed by atoms with E-state index in [-0.39, 0.29) is 6.61 Å². The zero-order chi connectivity index (χ0) is 18.0. The van der Waals surface area contributed by atoms with Crippen molar-refractivity contribution in [2.45, 2.75) is 39.3 Å². The van der Waals surface area contributed by atoms with Crippen molar-refractivity contribution in [3.63, 3.8) is 0 Å². The van der Waals surface area contributed by atoms with Crippen LogP contribution in [0, 0.1) is 6.92 Å². The first kappa shape index (κ1) is 17.5. The third kappa shape index (κ3) is 3.69. The zero-order valence-corrected chi connectivity index (χ0v) is 15.4. The number of hydrogen-bond acceptors (Lipinski definition) is 2. The molecule has 2 aromatic carbocycles. The summed E-state index contributed by atoms with van der Waals surface area (Å²) < 4.78 is 10.1. The SMILES string of the molecule is Cc1n(C[C@@H](O)COc2ccc(C(C)C)cc2)c2ccccc2[n+]1C. The van der Waals surface area contributed by atoms with Crippen LogP contribution < -0.4 is 9.30 Å². The van der Waals surface area contributed by atoms with Crippen molar-refractivity contribution in [1.29, 1.82) is 0 Å².